The highest BCUT2D eigenvalue weighted by Gasteiger charge is 2.12. The van der Waals surface area contributed by atoms with E-state index >= 15 is 0 Å². The monoisotopic (exact) mass is 316 g/mol. The average Bonchev–Trinajstić information content (AvgIpc) is 2.54. The topological polar surface area (TPSA) is 55.1 Å². The van der Waals surface area contributed by atoms with Gasteiger partial charge in [0.05, 0.1) is 6.54 Å². The summed E-state index contributed by atoms with van der Waals surface area (Å²) in [5.41, 5.74) is 7.13. The number of carbonyl (C=O) groups is 1. The van der Waals surface area contributed by atoms with Crippen molar-refractivity contribution in [2.75, 3.05) is 12.3 Å². The van der Waals surface area contributed by atoms with Gasteiger partial charge in [0.25, 0.3) is 0 Å². The van der Waals surface area contributed by atoms with Gasteiger partial charge in [-0.3, -0.25) is 4.79 Å². The van der Waals surface area contributed by atoms with Crippen LogP contribution < -0.4 is 11.1 Å². The Kier molecular flexibility index (Phi) is 8.16. The summed E-state index contributed by atoms with van der Waals surface area (Å²) in [6, 6.07) is 7.77. The van der Waals surface area contributed by atoms with Gasteiger partial charge in [-0.2, -0.15) is 0 Å². The maximum atomic E-state index is 12.3. The minimum Gasteiger partial charge on any atom is -0.399 e. The van der Waals surface area contributed by atoms with Crippen LogP contribution in [0.1, 0.15) is 81.0 Å². The molecule has 0 radical (unpaired) electrons. The van der Waals surface area contributed by atoms with Gasteiger partial charge in [-0.1, -0.05) is 69.9 Å². The number of carbonyl (C=O) groups excluding carboxylic acids is 1. The van der Waals surface area contributed by atoms with Crippen molar-refractivity contribution >= 4 is 11.5 Å². The number of hydrogen-bond donors (Lipinski definition) is 2. The van der Waals surface area contributed by atoms with E-state index < -0.39 is 0 Å². The zero-order chi connectivity index (χ0) is 16.3. The predicted octanol–water partition coefficient (Wildman–Crippen LogP) is 4.71. The highest BCUT2D eigenvalue weighted by atomic mass is 16.1. The van der Waals surface area contributed by atoms with Gasteiger partial charge in [0.1, 0.15) is 0 Å². The number of benzene rings is 1. The Labute approximate surface area is 141 Å². The summed E-state index contributed by atoms with van der Waals surface area (Å²) in [6.45, 7) is 0.425. The van der Waals surface area contributed by atoms with Crippen molar-refractivity contribution in [2.24, 2.45) is 0 Å². The molecule has 23 heavy (non-hydrogen) atoms. The first-order chi connectivity index (χ1) is 11.3. The third-order valence-electron chi connectivity index (χ3n) is 4.87. The van der Waals surface area contributed by atoms with Crippen LogP contribution in [0.15, 0.2) is 24.3 Å². The van der Waals surface area contributed by atoms with Crippen molar-refractivity contribution in [3.05, 3.63) is 29.8 Å². The van der Waals surface area contributed by atoms with Gasteiger partial charge >= 0.3 is 0 Å². The molecule has 0 bridgehead atoms. The Morgan fingerprint density at radius 1 is 0.957 bits per heavy atom. The Hall–Kier alpha value is -1.35. The summed E-state index contributed by atoms with van der Waals surface area (Å²) >= 11 is 0. The van der Waals surface area contributed by atoms with Crippen molar-refractivity contribution in [1.82, 2.24) is 5.32 Å². The lowest BCUT2D eigenvalue weighted by molar-refractivity contribution is 0.0985. The molecule has 1 aliphatic rings. The van der Waals surface area contributed by atoms with E-state index in [0.717, 1.165) is 0 Å². The Morgan fingerprint density at radius 2 is 1.52 bits per heavy atom. The molecule has 0 spiro atoms. The number of anilines is 1. The van der Waals surface area contributed by atoms with Gasteiger partial charge < -0.3 is 11.1 Å². The Morgan fingerprint density at radius 3 is 2.09 bits per heavy atom. The van der Waals surface area contributed by atoms with Gasteiger partial charge in [0, 0.05) is 17.3 Å². The Balaban J connectivity index is 1.79. The van der Waals surface area contributed by atoms with Crippen LogP contribution in [0.2, 0.25) is 0 Å². The van der Waals surface area contributed by atoms with Crippen molar-refractivity contribution in [1.29, 1.82) is 0 Å². The van der Waals surface area contributed by atoms with E-state index in [1.807, 2.05) is 18.2 Å². The molecule has 128 valence electrons. The molecule has 3 nitrogen and oxygen atoms in total. The van der Waals surface area contributed by atoms with E-state index in [2.05, 4.69) is 5.32 Å². The van der Waals surface area contributed by atoms with Gasteiger partial charge in [0.2, 0.25) is 0 Å². The molecule has 1 aromatic rings. The summed E-state index contributed by atoms with van der Waals surface area (Å²) in [5.74, 6) is 0.142. The van der Waals surface area contributed by atoms with Gasteiger partial charge in [-0.25, -0.2) is 0 Å². The highest BCUT2D eigenvalue weighted by molar-refractivity contribution is 5.98. The number of hydrogen-bond acceptors (Lipinski definition) is 3. The molecule has 0 aliphatic heterocycles. The van der Waals surface area contributed by atoms with Crippen LogP contribution in [0, 0.1) is 0 Å². The third kappa shape index (κ3) is 7.17. The van der Waals surface area contributed by atoms with E-state index in [1.165, 1.54) is 70.6 Å². The van der Waals surface area contributed by atoms with Crippen LogP contribution in [0.25, 0.3) is 0 Å². The summed E-state index contributed by atoms with van der Waals surface area (Å²) in [4.78, 5) is 12.3. The number of Topliss-reactive ketones (excluding diaryl/α,β-unsaturated/α-hetero) is 1. The van der Waals surface area contributed by atoms with Crippen molar-refractivity contribution < 1.29 is 4.79 Å². The molecule has 1 fully saturated rings. The average molecular weight is 316 g/mol. The second-order valence-electron chi connectivity index (χ2n) is 6.89. The lowest BCUT2D eigenvalue weighted by atomic mass is 9.97. The minimum absolute atomic E-state index is 0.142. The SMILES string of the molecule is Nc1cccc(C(=O)CNC2CCCCCCCCCCC2)c1. The van der Waals surface area contributed by atoms with Crippen LogP contribution in [0.5, 0.6) is 0 Å². The molecule has 0 amide bonds. The second kappa shape index (κ2) is 10.4. The molecule has 3 heteroatoms. The summed E-state index contributed by atoms with van der Waals surface area (Å²) in [6.07, 6.45) is 14.6. The molecule has 1 saturated carbocycles. The van der Waals surface area contributed by atoms with E-state index in [4.69, 9.17) is 5.73 Å². The summed E-state index contributed by atoms with van der Waals surface area (Å²) in [7, 11) is 0. The molecule has 1 aliphatic carbocycles. The van der Waals surface area contributed by atoms with Gasteiger partial charge in [-0.15, -0.1) is 0 Å². The standard InChI is InChI=1S/C20H32N2O/c21-18-12-10-11-17(15-18)20(23)16-22-19-13-8-6-4-2-1-3-5-7-9-14-19/h10-12,15,19,22H,1-9,13-14,16,21H2. The molecule has 0 aromatic heterocycles. The van der Waals surface area contributed by atoms with Crippen LogP contribution >= 0.6 is 0 Å². The fourth-order valence-corrected chi connectivity index (χ4v) is 3.42. The van der Waals surface area contributed by atoms with Crippen molar-refractivity contribution in [2.45, 2.75) is 76.7 Å². The molecular formula is C20H32N2O. The van der Waals surface area contributed by atoms with E-state index in [9.17, 15) is 4.79 Å². The fourth-order valence-electron chi connectivity index (χ4n) is 3.42. The zero-order valence-electron chi connectivity index (χ0n) is 14.4. The number of nitrogens with two attached hydrogens (primary N) is 1. The second-order valence-corrected chi connectivity index (χ2v) is 6.89. The van der Waals surface area contributed by atoms with E-state index in [0.29, 0.717) is 23.8 Å². The number of rotatable bonds is 4. The summed E-state index contributed by atoms with van der Waals surface area (Å²) in [5, 5.41) is 3.50. The lowest BCUT2D eigenvalue weighted by Gasteiger charge is -2.19. The lowest BCUT2D eigenvalue weighted by Crippen LogP contribution is -2.33. The minimum atomic E-state index is 0.142. The van der Waals surface area contributed by atoms with Crippen LogP contribution in [-0.2, 0) is 0 Å². The zero-order valence-corrected chi connectivity index (χ0v) is 14.4. The van der Waals surface area contributed by atoms with Crippen molar-refractivity contribution in [3.63, 3.8) is 0 Å². The normalized spacial score (nSPS) is 18.8. The predicted molar refractivity (Wildman–Crippen MR) is 97.8 cm³/mol. The van der Waals surface area contributed by atoms with Gasteiger partial charge in [0.15, 0.2) is 5.78 Å². The number of nitrogen functional groups attached to an aromatic ring is 1. The first-order valence-electron chi connectivity index (χ1n) is 9.38. The van der Waals surface area contributed by atoms with Crippen LogP contribution in [0.4, 0.5) is 5.69 Å². The molecule has 2 rings (SSSR count). The molecule has 3 N–H and O–H groups in total. The molecule has 1 aromatic carbocycles. The maximum absolute atomic E-state index is 12.3. The van der Waals surface area contributed by atoms with Crippen LogP contribution in [0.3, 0.4) is 0 Å². The molecular weight excluding hydrogens is 284 g/mol. The first-order valence-corrected chi connectivity index (χ1v) is 9.38. The summed E-state index contributed by atoms with van der Waals surface area (Å²) < 4.78 is 0. The van der Waals surface area contributed by atoms with E-state index in [1.54, 1.807) is 6.07 Å². The largest absolute Gasteiger partial charge is 0.399 e. The number of nitrogens with one attached hydrogen (secondary N) is 1. The third-order valence-corrected chi connectivity index (χ3v) is 4.87. The Bertz CT molecular complexity index is 460. The van der Waals surface area contributed by atoms with Crippen LogP contribution in [-0.4, -0.2) is 18.4 Å². The van der Waals surface area contributed by atoms with E-state index in [-0.39, 0.29) is 5.78 Å². The molecule has 0 saturated heterocycles. The maximum Gasteiger partial charge on any atom is 0.176 e. The van der Waals surface area contributed by atoms with Crippen molar-refractivity contribution in [3.8, 4) is 0 Å². The highest BCUT2D eigenvalue weighted by Crippen LogP contribution is 2.17. The quantitative estimate of drug-likeness (QED) is 0.624. The first kappa shape index (κ1) is 18.0. The number of ketones is 1. The fraction of sp³-hybridized carbons (Fsp3) is 0.650. The van der Waals surface area contributed by atoms with Gasteiger partial charge in [-0.05, 0) is 25.0 Å². The smallest absolute Gasteiger partial charge is 0.176 e. The molecule has 0 unspecified atom stereocenters. The molecule has 0 heterocycles. The molecule has 0 atom stereocenters.